The van der Waals surface area contributed by atoms with Gasteiger partial charge in [0.2, 0.25) is 0 Å². The van der Waals surface area contributed by atoms with E-state index in [9.17, 15) is 9.18 Å². The second-order valence-corrected chi connectivity index (χ2v) is 4.84. The molecule has 0 fully saturated rings. The molecule has 1 aliphatic heterocycles. The van der Waals surface area contributed by atoms with Crippen LogP contribution >= 0.6 is 0 Å². The van der Waals surface area contributed by atoms with Crippen molar-refractivity contribution in [2.45, 2.75) is 12.8 Å². The number of amides is 1. The Kier molecular flexibility index (Phi) is 3.37. The van der Waals surface area contributed by atoms with Gasteiger partial charge in [-0.25, -0.2) is 4.39 Å². The van der Waals surface area contributed by atoms with Gasteiger partial charge in [0.05, 0.1) is 5.69 Å². The molecule has 0 atom stereocenters. The Morgan fingerprint density at radius 2 is 2.05 bits per heavy atom. The monoisotopic (exact) mass is 270 g/mol. The van der Waals surface area contributed by atoms with Crippen molar-refractivity contribution in [2.75, 3.05) is 17.2 Å². The number of aryl methyl sites for hydroxylation is 1. The molecule has 2 aromatic carbocycles. The van der Waals surface area contributed by atoms with E-state index in [1.165, 1.54) is 6.07 Å². The van der Waals surface area contributed by atoms with Gasteiger partial charge in [-0.3, -0.25) is 4.79 Å². The molecule has 0 unspecified atom stereocenters. The van der Waals surface area contributed by atoms with Crippen molar-refractivity contribution in [1.82, 2.24) is 0 Å². The van der Waals surface area contributed by atoms with Crippen molar-refractivity contribution < 1.29 is 9.18 Å². The van der Waals surface area contributed by atoms with Gasteiger partial charge in [-0.2, -0.15) is 0 Å². The summed E-state index contributed by atoms with van der Waals surface area (Å²) in [4.78, 5) is 12.2. The normalized spacial score (nSPS) is 13.2. The number of hydrogen-bond acceptors (Lipinski definition) is 2. The zero-order chi connectivity index (χ0) is 13.9. The van der Waals surface area contributed by atoms with E-state index in [0.29, 0.717) is 5.56 Å². The van der Waals surface area contributed by atoms with Crippen LogP contribution in [0.1, 0.15) is 22.3 Å². The summed E-state index contributed by atoms with van der Waals surface area (Å²) in [6, 6.07) is 11.7. The van der Waals surface area contributed by atoms with Gasteiger partial charge in [0.25, 0.3) is 5.91 Å². The highest BCUT2D eigenvalue weighted by Crippen LogP contribution is 2.23. The number of halogens is 1. The molecular weight excluding hydrogens is 255 g/mol. The zero-order valence-electron chi connectivity index (χ0n) is 10.9. The van der Waals surface area contributed by atoms with Crippen LogP contribution in [0, 0.1) is 5.82 Å². The van der Waals surface area contributed by atoms with E-state index >= 15 is 0 Å². The third-order valence-corrected chi connectivity index (χ3v) is 3.43. The van der Waals surface area contributed by atoms with Crippen LogP contribution in [0.3, 0.4) is 0 Å². The number of para-hydroxylation sites is 1. The number of carbonyl (C=O) groups is 1. The highest BCUT2D eigenvalue weighted by molar-refractivity contribution is 6.04. The Morgan fingerprint density at radius 3 is 2.90 bits per heavy atom. The highest BCUT2D eigenvalue weighted by atomic mass is 19.1. The van der Waals surface area contributed by atoms with Crippen LogP contribution in [0.5, 0.6) is 0 Å². The largest absolute Gasteiger partial charge is 0.385 e. The molecule has 1 heterocycles. The second-order valence-electron chi connectivity index (χ2n) is 4.84. The molecule has 1 amide bonds. The first kappa shape index (κ1) is 12.7. The minimum Gasteiger partial charge on any atom is -0.385 e. The predicted molar refractivity (Wildman–Crippen MR) is 77.6 cm³/mol. The summed E-state index contributed by atoms with van der Waals surface area (Å²) in [5, 5.41) is 5.89. The average molecular weight is 270 g/mol. The first-order valence-corrected chi connectivity index (χ1v) is 6.67. The summed E-state index contributed by atoms with van der Waals surface area (Å²) < 4.78 is 13.5. The molecule has 0 saturated carbocycles. The lowest BCUT2D eigenvalue weighted by molar-refractivity contribution is 0.102. The fourth-order valence-corrected chi connectivity index (χ4v) is 2.37. The highest BCUT2D eigenvalue weighted by Gasteiger charge is 2.13. The molecule has 0 saturated heterocycles. The van der Waals surface area contributed by atoms with Crippen molar-refractivity contribution in [3.05, 3.63) is 59.4 Å². The molecule has 4 heteroatoms. The van der Waals surface area contributed by atoms with Gasteiger partial charge < -0.3 is 10.6 Å². The van der Waals surface area contributed by atoms with E-state index < -0.39 is 5.82 Å². The average Bonchev–Trinajstić information content (AvgIpc) is 2.49. The fourth-order valence-electron chi connectivity index (χ4n) is 2.37. The number of nitrogens with one attached hydrogen (secondary N) is 2. The molecule has 0 aliphatic carbocycles. The van der Waals surface area contributed by atoms with Gasteiger partial charge in [0.15, 0.2) is 0 Å². The minimum absolute atomic E-state index is 0.202. The van der Waals surface area contributed by atoms with Gasteiger partial charge in [-0.15, -0.1) is 0 Å². The molecule has 3 rings (SSSR count). The fraction of sp³-hybridized carbons (Fsp3) is 0.188. The van der Waals surface area contributed by atoms with Crippen molar-refractivity contribution in [2.24, 2.45) is 0 Å². The lowest BCUT2D eigenvalue weighted by Gasteiger charge is -2.18. The van der Waals surface area contributed by atoms with Crippen molar-refractivity contribution >= 4 is 17.3 Å². The van der Waals surface area contributed by atoms with E-state index in [4.69, 9.17) is 0 Å². The summed E-state index contributed by atoms with van der Waals surface area (Å²) >= 11 is 0. The molecule has 0 aromatic heterocycles. The molecule has 0 bridgehead atoms. The topological polar surface area (TPSA) is 41.1 Å². The van der Waals surface area contributed by atoms with Crippen molar-refractivity contribution in [3.63, 3.8) is 0 Å². The van der Waals surface area contributed by atoms with E-state index in [2.05, 4.69) is 10.6 Å². The molecule has 3 nitrogen and oxygen atoms in total. The van der Waals surface area contributed by atoms with Crippen molar-refractivity contribution in [3.8, 4) is 0 Å². The minimum atomic E-state index is -0.430. The van der Waals surface area contributed by atoms with E-state index in [0.717, 1.165) is 30.6 Å². The second kappa shape index (κ2) is 5.33. The van der Waals surface area contributed by atoms with Gasteiger partial charge in [0.1, 0.15) is 5.82 Å². The van der Waals surface area contributed by atoms with Gasteiger partial charge >= 0.3 is 0 Å². The third kappa shape index (κ3) is 2.50. The van der Waals surface area contributed by atoms with Gasteiger partial charge in [-0.05, 0) is 48.7 Å². The van der Waals surface area contributed by atoms with E-state index in [1.807, 2.05) is 12.1 Å². The molecule has 102 valence electrons. The Balaban J connectivity index is 1.82. The quantitative estimate of drug-likeness (QED) is 0.877. The predicted octanol–water partition coefficient (Wildman–Crippen LogP) is 3.44. The van der Waals surface area contributed by atoms with Crippen LogP contribution in [0.4, 0.5) is 15.8 Å². The molecule has 0 spiro atoms. The van der Waals surface area contributed by atoms with Crippen LogP contribution in [-0.2, 0) is 6.42 Å². The Labute approximate surface area is 116 Å². The first-order chi connectivity index (χ1) is 9.74. The van der Waals surface area contributed by atoms with Crippen LogP contribution in [-0.4, -0.2) is 12.5 Å². The van der Waals surface area contributed by atoms with Gasteiger partial charge in [0, 0.05) is 17.8 Å². The van der Waals surface area contributed by atoms with E-state index in [-0.39, 0.29) is 11.6 Å². The molecule has 0 radical (unpaired) electrons. The maximum absolute atomic E-state index is 13.5. The number of hydrogen-bond donors (Lipinski definition) is 2. The Bertz CT molecular complexity index is 655. The summed E-state index contributed by atoms with van der Waals surface area (Å²) in [5.74, 6) is -0.719. The lowest BCUT2D eigenvalue weighted by Crippen LogP contribution is -2.16. The standard InChI is InChI=1S/C16H15FN2O/c17-13-5-1-2-6-15(13)19-16(20)12-7-8-14-11(10-12)4-3-9-18-14/h1-2,5-8,10,18H,3-4,9H2,(H,19,20). The summed E-state index contributed by atoms with van der Waals surface area (Å²) in [6.07, 6.45) is 2.02. The maximum atomic E-state index is 13.5. The third-order valence-electron chi connectivity index (χ3n) is 3.43. The van der Waals surface area contributed by atoms with Gasteiger partial charge in [-0.1, -0.05) is 12.1 Å². The molecule has 20 heavy (non-hydrogen) atoms. The molecule has 1 aliphatic rings. The van der Waals surface area contributed by atoms with Crippen LogP contribution < -0.4 is 10.6 Å². The summed E-state index contributed by atoms with van der Waals surface area (Å²) in [6.45, 7) is 0.966. The summed E-state index contributed by atoms with van der Waals surface area (Å²) in [5.41, 5.74) is 2.97. The lowest BCUT2D eigenvalue weighted by atomic mass is 10.0. The molecule has 2 N–H and O–H groups in total. The van der Waals surface area contributed by atoms with Crippen LogP contribution in [0.25, 0.3) is 0 Å². The maximum Gasteiger partial charge on any atom is 0.255 e. The van der Waals surface area contributed by atoms with Crippen molar-refractivity contribution in [1.29, 1.82) is 0 Å². The summed E-state index contributed by atoms with van der Waals surface area (Å²) in [7, 11) is 0. The number of fused-ring (bicyclic) bond motifs is 1. The number of rotatable bonds is 2. The number of anilines is 2. The van der Waals surface area contributed by atoms with Crippen LogP contribution in [0.15, 0.2) is 42.5 Å². The Hall–Kier alpha value is -2.36. The smallest absolute Gasteiger partial charge is 0.255 e. The van der Waals surface area contributed by atoms with Crippen LogP contribution in [0.2, 0.25) is 0 Å². The zero-order valence-corrected chi connectivity index (χ0v) is 10.9. The first-order valence-electron chi connectivity index (χ1n) is 6.67. The SMILES string of the molecule is O=C(Nc1ccccc1F)c1ccc2c(c1)CCCN2. The molecule has 2 aromatic rings. The Morgan fingerprint density at radius 1 is 1.20 bits per heavy atom. The molecular formula is C16H15FN2O. The van der Waals surface area contributed by atoms with E-state index in [1.54, 1.807) is 24.3 Å². The number of benzene rings is 2. The number of carbonyl (C=O) groups excluding carboxylic acids is 1.